The van der Waals surface area contributed by atoms with Crippen LogP contribution in [0, 0.1) is 3.57 Å². The molecule has 0 fully saturated rings. The lowest BCUT2D eigenvalue weighted by atomic mass is 10.3. The highest BCUT2D eigenvalue weighted by Gasteiger charge is 1.95. The molecule has 0 unspecified atom stereocenters. The van der Waals surface area contributed by atoms with E-state index in [0.29, 0.717) is 13.2 Å². The summed E-state index contributed by atoms with van der Waals surface area (Å²) in [5, 5.41) is 0. The maximum atomic E-state index is 5.64. The molecule has 0 aliphatic carbocycles. The van der Waals surface area contributed by atoms with Crippen molar-refractivity contribution in [3.05, 3.63) is 58.2 Å². The van der Waals surface area contributed by atoms with Gasteiger partial charge in [-0.05, 0) is 52.9 Å². The van der Waals surface area contributed by atoms with Crippen molar-refractivity contribution in [3.63, 3.8) is 0 Å². The molecule has 0 aliphatic rings. The van der Waals surface area contributed by atoms with Crippen LogP contribution in [0.3, 0.4) is 0 Å². The monoisotopic (exact) mass is 354 g/mol. The summed E-state index contributed by atoms with van der Waals surface area (Å²) in [5.74, 6) is 1.83. The number of rotatable bonds is 6. The smallest absolute Gasteiger partial charge is 0.120 e. The minimum absolute atomic E-state index is 0.674. The van der Waals surface area contributed by atoms with E-state index in [1.165, 1.54) is 3.57 Å². The molecule has 0 atom stereocenters. The van der Waals surface area contributed by atoms with E-state index in [0.717, 1.165) is 17.9 Å². The van der Waals surface area contributed by atoms with Crippen molar-refractivity contribution in [1.29, 1.82) is 0 Å². The molecule has 18 heavy (non-hydrogen) atoms. The van der Waals surface area contributed by atoms with Gasteiger partial charge in [0.1, 0.15) is 11.5 Å². The van der Waals surface area contributed by atoms with Gasteiger partial charge in [0.15, 0.2) is 0 Å². The average molecular weight is 354 g/mol. The Morgan fingerprint density at radius 3 is 2.17 bits per heavy atom. The first-order valence-electron chi connectivity index (χ1n) is 5.91. The summed E-state index contributed by atoms with van der Waals surface area (Å²) < 4.78 is 12.4. The zero-order valence-electron chi connectivity index (χ0n) is 10.0. The Morgan fingerprint density at radius 1 is 0.778 bits per heavy atom. The Labute approximate surface area is 121 Å². The fourth-order valence-electron chi connectivity index (χ4n) is 1.51. The van der Waals surface area contributed by atoms with Gasteiger partial charge in [-0.15, -0.1) is 0 Å². The van der Waals surface area contributed by atoms with Crippen LogP contribution in [0.15, 0.2) is 54.6 Å². The zero-order valence-corrected chi connectivity index (χ0v) is 12.2. The van der Waals surface area contributed by atoms with Crippen LogP contribution >= 0.6 is 22.6 Å². The summed E-state index contributed by atoms with van der Waals surface area (Å²) >= 11 is 2.28. The van der Waals surface area contributed by atoms with Gasteiger partial charge in [0.2, 0.25) is 0 Å². The topological polar surface area (TPSA) is 18.5 Å². The summed E-state index contributed by atoms with van der Waals surface area (Å²) in [6.45, 7) is 1.35. The van der Waals surface area contributed by atoms with Crippen molar-refractivity contribution >= 4 is 22.6 Å². The molecule has 0 amide bonds. The molecule has 0 heterocycles. The number of ether oxygens (including phenoxy) is 2. The van der Waals surface area contributed by atoms with Gasteiger partial charge in [-0.1, -0.05) is 24.3 Å². The van der Waals surface area contributed by atoms with Crippen LogP contribution in [0.25, 0.3) is 0 Å². The summed E-state index contributed by atoms with van der Waals surface area (Å²) in [6.07, 6.45) is 0.875. The van der Waals surface area contributed by atoms with Crippen molar-refractivity contribution in [2.45, 2.75) is 6.42 Å². The van der Waals surface area contributed by atoms with E-state index in [9.17, 15) is 0 Å². The Bertz CT molecular complexity index is 471. The van der Waals surface area contributed by atoms with E-state index in [2.05, 4.69) is 22.6 Å². The van der Waals surface area contributed by atoms with Crippen molar-refractivity contribution in [1.82, 2.24) is 0 Å². The largest absolute Gasteiger partial charge is 0.493 e. The SMILES string of the molecule is Ic1cccc(OCCCOc2ccccc2)c1. The molecule has 2 aromatic rings. The van der Waals surface area contributed by atoms with Gasteiger partial charge in [0.25, 0.3) is 0 Å². The molecule has 0 saturated carbocycles. The van der Waals surface area contributed by atoms with Gasteiger partial charge in [-0.25, -0.2) is 0 Å². The average Bonchev–Trinajstić information content (AvgIpc) is 2.40. The van der Waals surface area contributed by atoms with Crippen LogP contribution in [0.4, 0.5) is 0 Å². The second kappa shape index (κ2) is 7.26. The summed E-state index contributed by atoms with van der Waals surface area (Å²) in [5.41, 5.74) is 0. The molecule has 0 bridgehead atoms. The predicted octanol–water partition coefficient (Wildman–Crippen LogP) is 4.14. The predicted molar refractivity (Wildman–Crippen MR) is 81.2 cm³/mol. The van der Waals surface area contributed by atoms with E-state index < -0.39 is 0 Å². The summed E-state index contributed by atoms with van der Waals surface area (Å²) in [4.78, 5) is 0. The van der Waals surface area contributed by atoms with Gasteiger partial charge in [0.05, 0.1) is 13.2 Å². The normalized spacial score (nSPS) is 10.1. The van der Waals surface area contributed by atoms with Gasteiger partial charge < -0.3 is 9.47 Å². The Morgan fingerprint density at radius 2 is 1.44 bits per heavy atom. The quantitative estimate of drug-likeness (QED) is 0.574. The van der Waals surface area contributed by atoms with Crippen LogP contribution in [-0.2, 0) is 0 Å². The van der Waals surface area contributed by atoms with Gasteiger partial charge in [-0.3, -0.25) is 0 Å². The van der Waals surface area contributed by atoms with Crippen LogP contribution in [0.5, 0.6) is 11.5 Å². The maximum absolute atomic E-state index is 5.64. The molecule has 0 aliphatic heterocycles. The summed E-state index contributed by atoms with van der Waals surface area (Å²) in [7, 11) is 0. The molecule has 2 rings (SSSR count). The van der Waals surface area contributed by atoms with Crippen molar-refractivity contribution in [2.75, 3.05) is 13.2 Å². The van der Waals surface area contributed by atoms with E-state index >= 15 is 0 Å². The Balaban J connectivity index is 1.65. The van der Waals surface area contributed by atoms with Gasteiger partial charge in [0, 0.05) is 9.99 Å². The second-order valence-corrected chi connectivity index (χ2v) is 5.07. The highest BCUT2D eigenvalue weighted by atomic mass is 127. The van der Waals surface area contributed by atoms with Gasteiger partial charge in [-0.2, -0.15) is 0 Å². The minimum Gasteiger partial charge on any atom is -0.493 e. The second-order valence-electron chi connectivity index (χ2n) is 3.82. The molecule has 2 aromatic carbocycles. The fourth-order valence-corrected chi connectivity index (χ4v) is 2.03. The molecule has 0 N–H and O–H groups in total. The molecular formula is C15H15IO2. The minimum atomic E-state index is 0.674. The number of hydrogen-bond acceptors (Lipinski definition) is 2. The third kappa shape index (κ3) is 4.56. The highest BCUT2D eigenvalue weighted by Crippen LogP contribution is 2.15. The molecule has 0 saturated heterocycles. The molecular weight excluding hydrogens is 339 g/mol. The highest BCUT2D eigenvalue weighted by molar-refractivity contribution is 14.1. The first-order valence-corrected chi connectivity index (χ1v) is 6.99. The van der Waals surface area contributed by atoms with Crippen molar-refractivity contribution in [2.24, 2.45) is 0 Å². The van der Waals surface area contributed by atoms with E-state index in [-0.39, 0.29) is 0 Å². The fraction of sp³-hybridized carbons (Fsp3) is 0.200. The number of para-hydroxylation sites is 1. The Hall–Kier alpha value is -1.23. The molecule has 0 radical (unpaired) electrons. The summed E-state index contributed by atoms with van der Waals surface area (Å²) in [6, 6.07) is 17.9. The number of benzene rings is 2. The third-order valence-corrected chi connectivity index (χ3v) is 3.04. The van der Waals surface area contributed by atoms with Gasteiger partial charge >= 0.3 is 0 Å². The van der Waals surface area contributed by atoms with Crippen LogP contribution in [0.1, 0.15) is 6.42 Å². The maximum Gasteiger partial charge on any atom is 0.120 e. The lowest BCUT2D eigenvalue weighted by Crippen LogP contribution is -2.04. The number of halogens is 1. The first-order chi connectivity index (χ1) is 8.84. The first kappa shape index (κ1) is 13.2. The van der Waals surface area contributed by atoms with E-state index in [1.54, 1.807) is 0 Å². The molecule has 94 valence electrons. The zero-order chi connectivity index (χ0) is 12.6. The van der Waals surface area contributed by atoms with Crippen molar-refractivity contribution in [3.8, 4) is 11.5 Å². The standard InChI is InChI=1S/C15H15IO2/c16-13-6-4-9-15(12-13)18-11-5-10-17-14-7-2-1-3-8-14/h1-4,6-9,12H,5,10-11H2. The van der Waals surface area contributed by atoms with Crippen LogP contribution in [-0.4, -0.2) is 13.2 Å². The molecule has 0 spiro atoms. The van der Waals surface area contributed by atoms with E-state index in [4.69, 9.17) is 9.47 Å². The third-order valence-electron chi connectivity index (χ3n) is 2.37. The lowest BCUT2D eigenvalue weighted by Gasteiger charge is -2.08. The Kier molecular flexibility index (Phi) is 5.33. The lowest BCUT2D eigenvalue weighted by molar-refractivity contribution is 0.247. The molecule has 2 nitrogen and oxygen atoms in total. The molecule has 0 aromatic heterocycles. The number of hydrogen-bond donors (Lipinski definition) is 0. The van der Waals surface area contributed by atoms with E-state index in [1.807, 2.05) is 54.6 Å². The van der Waals surface area contributed by atoms with Crippen LogP contribution < -0.4 is 9.47 Å². The van der Waals surface area contributed by atoms with Crippen molar-refractivity contribution < 1.29 is 9.47 Å². The molecule has 3 heteroatoms. The van der Waals surface area contributed by atoms with Crippen LogP contribution in [0.2, 0.25) is 0 Å².